The Bertz CT molecular complexity index is 363. The Morgan fingerprint density at radius 2 is 2.06 bits per heavy atom. The lowest BCUT2D eigenvalue weighted by molar-refractivity contribution is 0.112. The van der Waals surface area contributed by atoms with E-state index in [9.17, 15) is 9.18 Å². The summed E-state index contributed by atoms with van der Waals surface area (Å²) in [5.41, 5.74) is 1.16. The van der Waals surface area contributed by atoms with Gasteiger partial charge < -0.3 is 4.90 Å². The van der Waals surface area contributed by atoms with E-state index in [0.29, 0.717) is 17.9 Å². The lowest BCUT2D eigenvalue weighted by Crippen LogP contribution is -2.31. The molecule has 88 valence electrons. The summed E-state index contributed by atoms with van der Waals surface area (Å²) in [4.78, 5) is 12.8. The van der Waals surface area contributed by atoms with Crippen molar-refractivity contribution in [3.63, 3.8) is 0 Å². The fraction of sp³-hybridized carbons (Fsp3) is 0.462. The van der Waals surface area contributed by atoms with Crippen LogP contribution in [-0.2, 0) is 0 Å². The molecule has 0 amide bonds. The zero-order valence-corrected chi connectivity index (χ0v) is 10.0. The topological polar surface area (TPSA) is 20.3 Å². The van der Waals surface area contributed by atoms with Crippen molar-refractivity contribution in [1.29, 1.82) is 0 Å². The van der Waals surface area contributed by atoms with Gasteiger partial charge in [0.2, 0.25) is 0 Å². The molecular formula is C13H18FNO. The van der Waals surface area contributed by atoms with Crippen molar-refractivity contribution in [2.75, 3.05) is 11.4 Å². The predicted molar refractivity (Wildman–Crippen MR) is 64.6 cm³/mol. The highest BCUT2D eigenvalue weighted by molar-refractivity contribution is 5.77. The van der Waals surface area contributed by atoms with Gasteiger partial charge in [-0.1, -0.05) is 6.92 Å². The van der Waals surface area contributed by atoms with Gasteiger partial charge in [0.05, 0.1) is 0 Å². The largest absolute Gasteiger partial charge is 0.369 e. The van der Waals surface area contributed by atoms with Crippen LogP contribution in [0.25, 0.3) is 0 Å². The van der Waals surface area contributed by atoms with Crippen LogP contribution in [0.2, 0.25) is 0 Å². The molecule has 0 bridgehead atoms. The van der Waals surface area contributed by atoms with Crippen molar-refractivity contribution in [3.8, 4) is 0 Å². The zero-order chi connectivity index (χ0) is 12.1. The summed E-state index contributed by atoms with van der Waals surface area (Å²) in [6.07, 6.45) is 1.67. The molecule has 1 aromatic rings. The van der Waals surface area contributed by atoms with Crippen LogP contribution in [0.15, 0.2) is 18.2 Å². The first-order valence-corrected chi connectivity index (χ1v) is 5.61. The van der Waals surface area contributed by atoms with Gasteiger partial charge in [-0.05, 0) is 38.5 Å². The van der Waals surface area contributed by atoms with E-state index in [0.717, 1.165) is 18.7 Å². The predicted octanol–water partition coefficient (Wildman–Crippen LogP) is 3.26. The average molecular weight is 223 g/mol. The summed E-state index contributed by atoms with van der Waals surface area (Å²) >= 11 is 0. The Hall–Kier alpha value is -1.38. The van der Waals surface area contributed by atoms with Crippen molar-refractivity contribution in [3.05, 3.63) is 29.6 Å². The Morgan fingerprint density at radius 3 is 2.56 bits per heavy atom. The van der Waals surface area contributed by atoms with Gasteiger partial charge in [0.25, 0.3) is 0 Å². The van der Waals surface area contributed by atoms with E-state index in [1.54, 1.807) is 6.07 Å². The van der Waals surface area contributed by atoms with E-state index >= 15 is 0 Å². The lowest BCUT2D eigenvalue weighted by atomic mass is 10.1. The molecule has 16 heavy (non-hydrogen) atoms. The third kappa shape index (κ3) is 3.05. The number of benzene rings is 1. The molecule has 0 aliphatic carbocycles. The van der Waals surface area contributed by atoms with Crippen LogP contribution in [0, 0.1) is 5.82 Å². The Labute approximate surface area is 96.1 Å². The first-order chi connectivity index (χ1) is 7.58. The number of carbonyl (C=O) groups is 1. The van der Waals surface area contributed by atoms with E-state index < -0.39 is 0 Å². The van der Waals surface area contributed by atoms with Gasteiger partial charge in [-0.25, -0.2) is 4.39 Å². The third-order valence-electron chi connectivity index (χ3n) is 2.46. The number of rotatable bonds is 5. The monoisotopic (exact) mass is 223 g/mol. The second kappa shape index (κ2) is 5.64. The van der Waals surface area contributed by atoms with Crippen molar-refractivity contribution in [1.82, 2.24) is 0 Å². The molecule has 0 atom stereocenters. The van der Waals surface area contributed by atoms with Gasteiger partial charge in [-0.15, -0.1) is 0 Å². The number of carbonyl (C=O) groups excluding carboxylic acids is 1. The molecule has 0 aromatic heterocycles. The minimum Gasteiger partial charge on any atom is -0.369 e. The molecule has 1 aromatic carbocycles. The summed E-state index contributed by atoms with van der Waals surface area (Å²) in [7, 11) is 0. The van der Waals surface area contributed by atoms with Gasteiger partial charge in [-0.2, -0.15) is 0 Å². The van der Waals surface area contributed by atoms with Gasteiger partial charge in [0.15, 0.2) is 0 Å². The maximum Gasteiger partial charge on any atom is 0.150 e. The molecule has 0 saturated heterocycles. The zero-order valence-electron chi connectivity index (χ0n) is 10.0. The van der Waals surface area contributed by atoms with Crippen molar-refractivity contribution in [2.45, 2.75) is 33.2 Å². The van der Waals surface area contributed by atoms with Crippen LogP contribution in [0.5, 0.6) is 0 Å². The maximum absolute atomic E-state index is 13.3. The van der Waals surface area contributed by atoms with Crippen LogP contribution in [-0.4, -0.2) is 18.9 Å². The molecule has 0 spiro atoms. The number of anilines is 1. The second-order valence-electron chi connectivity index (χ2n) is 4.15. The number of halogens is 1. The van der Waals surface area contributed by atoms with Crippen LogP contribution < -0.4 is 4.90 Å². The molecular weight excluding hydrogens is 205 g/mol. The normalized spacial score (nSPS) is 10.6. The molecule has 1 rings (SSSR count). The maximum atomic E-state index is 13.3. The molecule has 0 saturated carbocycles. The van der Waals surface area contributed by atoms with E-state index in [1.165, 1.54) is 12.1 Å². The standard InChI is InChI=1S/C13H18FNO/c1-4-5-15(10(2)3)13-7-11(9-16)6-12(14)8-13/h6-10H,4-5H2,1-3H3. The van der Waals surface area contributed by atoms with Crippen molar-refractivity contribution < 1.29 is 9.18 Å². The van der Waals surface area contributed by atoms with Gasteiger partial charge in [-0.3, -0.25) is 4.79 Å². The summed E-state index contributed by atoms with van der Waals surface area (Å²) in [5, 5.41) is 0. The van der Waals surface area contributed by atoms with Crippen LogP contribution in [0.1, 0.15) is 37.6 Å². The number of aldehydes is 1. The Kier molecular flexibility index (Phi) is 4.47. The first kappa shape index (κ1) is 12.7. The molecule has 0 aliphatic heterocycles. The van der Waals surface area contributed by atoms with Crippen molar-refractivity contribution >= 4 is 12.0 Å². The summed E-state index contributed by atoms with van der Waals surface area (Å²) < 4.78 is 13.3. The number of hydrogen-bond acceptors (Lipinski definition) is 2. The summed E-state index contributed by atoms with van der Waals surface area (Å²) in [6, 6.07) is 4.75. The van der Waals surface area contributed by atoms with Crippen molar-refractivity contribution in [2.24, 2.45) is 0 Å². The minimum absolute atomic E-state index is 0.293. The lowest BCUT2D eigenvalue weighted by Gasteiger charge is -2.28. The molecule has 3 heteroatoms. The Morgan fingerprint density at radius 1 is 1.38 bits per heavy atom. The molecule has 0 unspecified atom stereocenters. The van der Waals surface area contributed by atoms with Gasteiger partial charge >= 0.3 is 0 Å². The highest BCUT2D eigenvalue weighted by atomic mass is 19.1. The van der Waals surface area contributed by atoms with Crippen LogP contribution in [0.4, 0.5) is 10.1 Å². The van der Waals surface area contributed by atoms with E-state index in [-0.39, 0.29) is 5.82 Å². The van der Waals surface area contributed by atoms with E-state index in [4.69, 9.17) is 0 Å². The molecule has 0 fully saturated rings. The fourth-order valence-corrected chi connectivity index (χ4v) is 1.76. The Balaban J connectivity index is 3.07. The highest BCUT2D eigenvalue weighted by Crippen LogP contribution is 2.20. The summed E-state index contributed by atoms with van der Waals surface area (Å²) in [6.45, 7) is 7.05. The third-order valence-corrected chi connectivity index (χ3v) is 2.46. The van der Waals surface area contributed by atoms with E-state index in [2.05, 4.69) is 25.7 Å². The van der Waals surface area contributed by atoms with Gasteiger partial charge in [0.1, 0.15) is 12.1 Å². The smallest absolute Gasteiger partial charge is 0.150 e. The van der Waals surface area contributed by atoms with E-state index in [1.807, 2.05) is 0 Å². The SMILES string of the molecule is CCCN(c1cc(F)cc(C=O)c1)C(C)C. The van der Waals surface area contributed by atoms with Crippen LogP contribution in [0.3, 0.4) is 0 Å². The number of nitrogens with zero attached hydrogens (tertiary/aromatic N) is 1. The molecule has 0 N–H and O–H groups in total. The quantitative estimate of drug-likeness (QED) is 0.714. The molecule has 0 radical (unpaired) electrons. The molecule has 2 nitrogen and oxygen atoms in total. The molecule has 0 aliphatic rings. The minimum atomic E-state index is -0.360. The highest BCUT2D eigenvalue weighted by Gasteiger charge is 2.11. The molecule has 0 heterocycles. The number of hydrogen-bond donors (Lipinski definition) is 0. The second-order valence-corrected chi connectivity index (χ2v) is 4.15. The average Bonchev–Trinajstić information content (AvgIpc) is 2.24. The summed E-state index contributed by atoms with van der Waals surface area (Å²) in [5.74, 6) is -0.360. The van der Waals surface area contributed by atoms with Crippen LogP contribution >= 0.6 is 0 Å². The van der Waals surface area contributed by atoms with Gasteiger partial charge in [0, 0.05) is 23.8 Å². The first-order valence-electron chi connectivity index (χ1n) is 5.61. The fourth-order valence-electron chi connectivity index (χ4n) is 1.76.